The van der Waals surface area contributed by atoms with Crippen molar-refractivity contribution in [3.8, 4) is 11.8 Å². The Labute approximate surface area is 127 Å². The molecule has 0 aliphatic rings. The van der Waals surface area contributed by atoms with Gasteiger partial charge in [-0.05, 0) is 23.6 Å². The Bertz CT molecular complexity index is 473. The third-order valence-electron chi connectivity index (χ3n) is 3.09. The fourth-order valence-corrected chi connectivity index (χ4v) is 1.82. The van der Waals surface area contributed by atoms with Crippen LogP contribution in [0.5, 0.6) is 5.75 Å². The van der Waals surface area contributed by atoms with Gasteiger partial charge in [-0.2, -0.15) is 5.26 Å². The Hall–Kier alpha value is -1.83. The first-order valence-electron chi connectivity index (χ1n) is 7.17. The highest BCUT2D eigenvalue weighted by Crippen LogP contribution is 2.17. The zero-order valence-corrected chi connectivity index (χ0v) is 13.1. The molecule has 0 aliphatic heterocycles. The second kappa shape index (κ2) is 9.98. The summed E-state index contributed by atoms with van der Waals surface area (Å²) in [6.07, 6.45) is 2.19. The minimum atomic E-state index is 0.0792. The fourth-order valence-electron chi connectivity index (χ4n) is 1.82. The average molecular weight is 288 g/mol. The van der Waals surface area contributed by atoms with Gasteiger partial charge in [0, 0.05) is 20.2 Å². The van der Waals surface area contributed by atoms with Gasteiger partial charge >= 0.3 is 0 Å². The predicted octanol–water partition coefficient (Wildman–Crippen LogP) is 2.86. The fraction of sp³-hybridized carbons (Fsp3) is 0.471. The third-order valence-corrected chi connectivity index (χ3v) is 3.09. The lowest BCUT2D eigenvalue weighted by Crippen LogP contribution is -2.23. The molecule has 0 atom stereocenters. The highest BCUT2D eigenvalue weighted by atomic mass is 16.5. The molecule has 0 saturated carbocycles. The molecular weight excluding hydrogens is 264 g/mol. The number of hydrogen-bond donors (Lipinski definition) is 1. The van der Waals surface area contributed by atoms with Gasteiger partial charge in [0.05, 0.1) is 6.61 Å². The van der Waals surface area contributed by atoms with Crippen molar-refractivity contribution in [1.82, 2.24) is 5.32 Å². The van der Waals surface area contributed by atoms with Crippen LogP contribution in [0, 0.1) is 17.2 Å². The van der Waals surface area contributed by atoms with E-state index in [1.165, 1.54) is 5.57 Å². The summed E-state index contributed by atoms with van der Waals surface area (Å²) in [4.78, 5) is 0. The van der Waals surface area contributed by atoms with Gasteiger partial charge in [0.25, 0.3) is 0 Å². The molecular formula is C17H24N2O2. The summed E-state index contributed by atoms with van der Waals surface area (Å²) >= 11 is 0. The normalized spacial score (nSPS) is 11.5. The van der Waals surface area contributed by atoms with E-state index < -0.39 is 0 Å². The second-order valence-corrected chi connectivity index (χ2v) is 5.06. The van der Waals surface area contributed by atoms with Crippen molar-refractivity contribution in [2.75, 3.05) is 33.4 Å². The minimum Gasteiger partial charge on any atom is -0.479 e. The summed E-state index contributed by atoms with van der Waals surface area (Å²) in [6, 6.07) is 9.74. The number of ether oxygens (including phenoxy) is 2. The summed E-state index contributed by atoms with van der Waals surface area (Å²) in [5.74, 6) is 1.20. The lowest BCUT2D eigenvalue weighted by atomic mass is 10.00. The molecule has 0 bridgehead atoms. The standard InChI is InChI=1S/C17H24N2O2/c1-14(2)16(13-19-9-11-20-3)12-15-4-6-17(7-5-15)21-10-8-18/h4-7,12,14,19H,9-11,13H2,1-3H3. The summed E-state index contributed by atoms with van der Waals surface area (Å²) in [7, 11) is 1.71. The van der Waals surface area contributed by atoms with E-state index in [4.69, 9.17) is 14.7 Å². The molecule has 1 rings (SSSR count). The number of benzene rings is 1. The average Bonchev–Trinajstić information content (AvgIpc) is 2.49. The van der Waals surface area contributed by atoms with Crippen LogP contribution in [0.3, 0.4) is 0 Å². The Kier molecular flexibility index (Phi) is 8.18. The van der Waals surface area contributed by atoms with Crippen LogP contribution >= 0.6 is 0 Å². The SMILES string of the molecule is COCCNCC(=Cc1ccc(OCC#N)cc1)C(C)C. The number of hydrogen-bond acceptors (Lipinski definition) is 4. The van der Waals surface area contributed by atoms with Gasteiger partial charge in [-0.3, -0.25) is 0 Å². The molecule has 114 valence electrons. The topological polar surface area (TPSA) is 54.3 Å². The van der Waals surface area contributed by atoms with Crippen LogP contribution in [0.25, 0.3) is 6.08 Å². The first-order valence-corrected chi connectivity index (χ1v) is 7.17. The van der Waals surface area contributed by atoms with Gasteiger partial charge in [-0.15, -0.1) is 0 Å². The van der Waals surface area contributed by atoms with Crippen molar-refractivity contribution >= 4 is 6.08 Å². The van der Waals surface area contributed by atoms with E-state index >= 15 is 0 Å². The van der Waals surface area contributed by atoms with Crippen molar-refractivity contribution in [2.45, 2.75) is 13.8 Å². The summed E-state index contributed by atoms with van der Waals surface area (Å²) in [5.41, 5.74) is 2.48. The van der Waals surface area contributed by atoms with Crippen LogP contribution in [0.2, 0.25) is 0 Å². The van der Waals surface area contributed by atoms with Gasteiger partial charge in [-0.25, -0.2) is 0 Å². The maximum atomic E-state index is 8.48. The Morgan fingerprint density at radius 3 is 2.62 bits per heavy atom. The first-order chi connectivity index (χ1) is 10.2. The molecule has 0 fully saturated rings. The molecule has 0 aliphatic carbocycles. The van der Waals surface area contributed by atoms with Gasteiger partial charge < -0.3 is 14.8 Å². The Balaban J connectivity index is 2.64. The van der Waals surface area contributed by atoms with Crippen molar-refractivity contribution in [3.63, 3.8) is 0 Å². The lowest BCUT2D eigenvalue weighted by Gasteiger charge is -2.13. The maximum Gasteiger partial charge on any atom is 0.174 e. The van der Waals surface area contributed by atoms with Crippen LogP contribution in [-0.2, 0) is 4.74 Å². The molecule has 0 spiro atoms. The molecule has 0 amide bonds. The molecule has 1 aromatic rings. The van der Waals surface area contributed by atoms with Crippen LogP contribution in [0.4, 0.5) is 0 Å². The number of nitrogens with one attached hydrogen (secondary N) is 1. The first kappa shape index (κ1) is 17.2. The van der Waals surface area contributed by atoms with Crippen LogP contribution in [-0.4, -0.2) is 33.4 Å². The molecule has 0 radical (unpaired) electrons. The molecule has 1 aromatic carbocycles. The largest absolute Gasteiger partial charge is 0.479 e. The molecule has 0 aromatic heterocycles. The molecule has 1 N–H and O–H groups in total. The van der Waals surface area contributed by atoms with E-state index in [-0.39, 0.29) is 6.61 Å². The van der Waals surface area contributed by atoms with Crippen molar-refractivity contribution in [3.05, 3.63) is 35.4 Å². The summed E-state index contributed by atoms with van der Waals surface area (Å²) in [5, 5.41) is 11.9. The maximum absolute atomic E-state index is 8.48. The zero-order chi connectivity index (χ0) is 15.5. The quantitative estimate of drug-likeness (QED) is 0.710. The van der Waals surface area contributed by atoms with Crippen molar-refractivity contribution in [1.29, 1.82) is 5.26 Å². The molecule has 4 nitrogen and oxygen atoms in total. The number of nitrogens with zero attached hydrogens (tertiary/aromatic N) is 1. The van der Waals surface area contributed by atoms with Crippen LogP contribution in [0.15, 0.2) is 29.8 Å². The zero-order valence-electron chi connectivity index (χ0n) is 13.1. The number of nitriles is 1. The third kappa shape index (κ3) is 6.94. The lowest BCUT2D eigenvalue weighted by molar-refractivity contribution is 0.200. The van der Waals surface area contributed by atoms with E-state index in [1.807, 2.05) is 30.3 Å². The Morgan fingerprint density at radius 1 is 1.33 bits per heavy atom. The molecule has 0 unspecified atom stereocenters. The van der Waals surface area contributed by atoms with E-state index in [2.05, 4.69) is 25.2 Å². The van der Waals surface area contributed by atoms with Gasteiger partial charge in [0.2, 0.25) is 0 Å². The van der Waals surface area contributed by atoms with Gasteiger partial charge in [-0.1, -0.05) is 37.6 Å². The highest BCUT2D eigenvalue weighted by Gasteiger charge is 2.03. The molecule has 21 heavy (non-hydrogen) atoms. The van der Waals surface area contributed by atoms with Crippen molar-refractivity contribution in [2.24, 2.45) is 5.92 Å². The number of rotatable bonds is 9. The van der Waals surface area contributed by atoms with Gasteiger partial charge in [0.15, 0.2) is 6.61 Å². The monoisotopic (exact) mass is 288 g/mol. The highest BCUT2D eigenvalue weighted by molar-refractivity contribution is 5.54. The van der Waals surface area contributed by atoms with E-state index in [1.54, 1.807) is 7.11 Å². The van der Waals surface area contributed by atoms with E-state index in [9.17, 15) is 0 Å². The van der Waals surface area contributed by atoms with Gasteiger partial charge in [0.1, 0.15) is 11.8 Å². The van der Waals surface area contributed by atoms with E-state index in [0.29, 0.717) is 5.92 Å². The summed E-state index contributed by atoms with van der Waals surface area (Å²) in [6.45, 7) is 6.88. The second-order valence-electron chi connectivity index (χ2n) is 5.06. The Morgan fingerprint density at radius 2 is 2.05 bits per heavy atom. The summed E-state index contributed by atoms with van der Waals surface area (Å²) < 4.78 is 10.3. The predicted molar refractivity (Wildman–Crippen MR) is 85.1 cm³/mol. The van der Waals surface area contributed by atoms with Crippen molar-refractivity contribution < 1.29 is 9.47 Å². The van der Waals surface area contributed by atoms with Crippen LogP contribution < -0.4 is 10.1 Å². The molecule has 0 saturated heterocycles. The molecule has 0 heterocycles. The van der Waals surface area contributed by atoms with E-state index in [0.717, 1.165) is 31.0 Å². The minimum absolute atomic E-state index is 0.0792. The van der Waals surface area contributed by atoms with Crippen LogP contribution in [0.1, 0.15) is 19.4 Å². The molecule has 4 heteroatoms. The smallest absolute Gasteiger partial charge is 0.174 e. The number of methoxy groups -OCH3 is 1.